The lowest BCUT2D eigenvalue weighted by atomic mass is 9.99. The second-order valence-electron chi connectivity index (χ2n) is 6.24. The molecule has 3 nitrogen and oxygen atoms in total. The molecule has 1 aromatic rings. The highest BCUT2D eigenvalue weighted by Gasteiger charge is 2.18. The van der Waals surface area contributed by atoms with Crippen molar-refractivity contribution in [2.45, 2.75) is 45.6 Å². The lowest BCUT2D eigenvalue weighted by Gasteiger charge is -2.32. The van der Waals surface area contributed by atoms with E-state index >= 15 is 0 Å². The molecule has 0 radical (unpaired) electrons. The van der Waals surface area contributed by atoms with Crippen LogP contribution in [0.15, 0.2) is 18.3 Å². The SMILES string of the molecule is CCCNC(CCN1CCCC(C)C1)c1ccc(F)cn1. The first kappa shape index (κ1) is 16.4. The molecular formula is C17H28FN3. The zero-order valence-corrected chi connectivity index (χ0v) is 13.3. The Kier molecular flexibility index (Phi) is 6.58. The molecule has 0 amide bonds. The van der Waals surface area contributed by atoms with Gasteiger partial charge in [0.2, 0.25) is 0 Å². The van der Waals surface area contributed by atoms with E-state index < -0.39 is 0 Å². The first-order chi connectivity index (χ1) is 10.2. The van der Waals surface area contributed by atoms with Crippen molar-refractivity contribution in [1.29, 1.82) is 0 Å². The van der Waals surface area contributed by atoms with Crippen molar-refractivity contribution in [3.8, 4) is 0 Å². The molecule has 1 aliphatic heterocycles. The number of nitrogens with one attached hydrogen (secondary N) is 1. The van der Waals surface area contributed by atoms with Gasteiger partial charge in [-0.25, -0.2) is 4.39 Å². The summed E-state index contributed by atoms with van der Waals surface area (Å²) in [7, 11) is 0. The van der Waals surface area contributed by atoms with Crippen molar-refractivity contribution in [3.63, 3.8) is 0 Å². The summed E-state index contributed by atoms with van der Waals surface area (Å²) < 4.78 is 13.0. The predicted molar refractivity (Wildman–Crippen MR) is 84.7 cm³/mol. The van der Waals surface area contributed by atoms with Crippen LogP contribution in [0.25, 0.3) is 0 Å². The standard InChI is InChI=1S/C17H28FN3/c1-3-9-19-17(16-7-6-15(18)12-20-16)8-11-21-10-4-5-14(2)13-21/h6-7,12,14,17,19H,3-5,8-11,13H2,1-2H3. The van der Waals surface area contributed by atoms with E-state index in [0.717, 1.165) is 37.5 Å². The Bertz CT molecular complexity index is 407. The summed E-state index contributed by atoms with van der Waals surface area (Å²) in [5.41, 5.74) is 0.954. The smallest absolute Gasteiger partial charge is 0.141 e. The number of piperidine rings is 1. The summed E-state index contributed by atoms with van der Waals surface area (Å²) >= 11 is 0. The van der Waals surface area contributed by atoms with E-state index in [1.54, 1.807) is 0 Å². The molecule has 1 fully saturated rings. The van der Waals surface area contributed by atoms with Crippen LogP contribution >= 0.6 is 0 Å². The van der Waals surface area contributed by atoms with Gasteiger partial charge < -0.3 is 10.2 Å². The monoisotopic (exact) mass is 293 g/mol. The molecule has 0 aromatic carbocycles. The number of rotatable bonds is 7. The number of hydrogen-bond acceptors (Lipinski definition) is 3. The minimum atomic E-state index is -0.266. The Balaban J connectivity index is 1.91. The highest BCUT2D eigenvalue weighted by atomic mass is 19.1. The first-order valence-electron chi connectivity index (χ1n) is 8.26. The molecule has 118 valence electrons. The van der Waals surface area contributed by atoms with Crippen LogP contribution in [0.3, 0.4) is 0 Å². The van der Waals surface area contributed by atoms with Crippen LogP contribution in [0.1, 0.15) is 51.3 Å². The van der Waals surface area contributed by atoms with Crippen molar-refractivity contribution >= 4 is 0 Å². The lowest BCUT2D eigenvalue weighted by molar-refractivity contribution is 0.175. The molecule has 1 N–H and O–H groups in total. The van der Waals surface area contributed by atoms with Crippen LogP contribution in [0.5, 0.6) is 0 Å². The Morgan fingerprint density at radius 3 is 3.00 bits per heavy atom. The molecule has 0 bridgehead atoms. The summed E-state index contributed by atoms with van der Waals surface area (Å²) in [6, 6.07) is 3.54. The summed E-state index contributed by atoms with van der Waals surface area (Å²) in [4.78, 5) is 6.81. The molecule has 1 saturated heterocycles. The molecule has 0 spiro atoms. The lowest BCUT2D eigenvalue weighted by Crippen LogP contribution is -2.37. The Labute approximate surface area is 127 Å². The van der Waals surface area contributed by atoms with Gasteiger partial charge in [-0.15, -0.1) is 0 Å². The van der Waals surface area contributed by atoms with Crippen molar-refractivity contribution in [2.75, 3.05) is 26.2 Å². The molecule has 1 aliphatic rings. The molecule has 2 heterocycles. The molecule has 21 heavy (non-hydrogen) atoms. The van der Waals surface area contributed by atoms with E-state index in [1.165, 1.54) is 38.2 Å². The van der Waals surface area contributed by atoms with Crippen LogP contribution < -0.4 is 5.32 Å². The van der Waals surface area contributed by atoms with E-state index in [9.17, 15) is 4.39 Å². The number of likely N-dealkylation sites (tertiary alicyclic amines) is 1. The number of nitrogens with zero attached hydrogens (tertiary/aromatic N) is 2. The minimum absolute atomic E-state index is 0.225. The van der Waals surface area contributed by atoms with Gasteiger partial charge in [0.1, 0.15) is 5.82 Å². The van der Waals surface area contributed by atoms with Gasteiger partial charge in [0, 0.05) is 13.1 Å². The van der Waals surface area contributed by atoms with Gasteiger partial charge in [-0.3, -0.25) is 4.98 Å². The van der Waals surface area contributed by atoms with Crippen molar-refractivity contribution in [3.05, 3.63) is 29.8 Å². The zero-order valence-electron chi connectivity index (χ0n) is 13.3. The van der Waals surface area contributed by atoms with Gasteiger partial charge >= 0.3 is 0 Å². The molecular weight excluding hydrogens is 265 g/mol. The van der Waals surface area contributed by atoms with Crippen LogP contribution in [0.2, 0.25) is 0 Å². The second-order valence-corrected chi connectivity index (χ2v) is 6.24. The van der Waals surface area contributed by atoms with Gasteiger partial charge in [-0.1, -0.05) is 13.8 Å². The highest BCUT2D eigenvalue weighted by Crippen LogP contribution is 2.19. The van der Waals surface area contributed by atoms with Crippen molar-refractivity contribution in [2.24, 2.45) is 5.92 Å². The topological polar surface area (TPSA) is 28.2 Å². The van der Waals surface area contributed by atoms with E-state index in [-0.39, 0.29) is 11.9 Å². The van der Waals surface area contributed by atoms with Crippen LogP contribution in [-0.2, 0) is 0 Å². The predicted octanol–water partition coefficient (Wildman–Crippen LogP) is 3.38. The summed E-state index contributed by atoms with van der Waals surface area (Å²) in [6.45, 7) is 8.97. The summed E-state index contributed by atoms with van der Waals surface area (Å²) in [6.07, 6.45) is 6.11. The quantitative estimate of drug-likeness (QED) is 0.835. The third-order valence-corrected chi connectivity index (χ3v) is 4.22. The largest absolute Gasteiger partial charge is 0.309 e. The number of pyridine rings is 1. The van der Waals surface area contributed by atoms with Crippen molar-refractivity contribution < 1.29 is 4.39 Å². The van der Waals surface area contributed by atoms with E-state index in [2.05, 4.69) is 29.0 Å². The molecule has 1 aromatic heterocycles. The minimum Gasteiger partial charge on any atom is -0.309 e. The Hall–Kier alpha value is -1.00. The van der Waals surface area contributed by atoms with Crippen LogP contribution in [0, 0.1) is 11.7 Å². The fourth-order valence-corrected chi connectivity index (χ4v) is 3.07. The van der Waals surface area contributed by atoms with E-state index in [0.29, 0.717) is 0 Å². The third kappa shape index (κ3) is 5.36. The van der Waals surface area contributed by atoms with Gasteiger partial charge in [0.05, 0.1) is 17.9 Å². The van der Waals surface area contributed by atoms with Gasteiger partial charge in [-0.2, -0.15) is 0 Å². The number of hydrogen-bond donors (Lipinski definition) is 1. The summed E-state index contributed by atoms with van der Waals surface area (Å²) in [5.74, 6) is 0.544. The van der Waals surface area contributed by atoms with Crippen LogP contribution in [0.4, 0.5) is 4.39 Å². The fourth-order valence-electron chi connectivity index (χ4n) is 3.07. The maximum absolute atomic E-state index is 13.0. The fraction of sp³-hybridized carbons (Fsp3) is 0.706. The molecule has 0 saturated carbocycles. The average Bonchev–Trinajstić information content (AvgIpc) is 2.49. The Morgan fingerprint density at radius 2 is 2.33 bits per heavy atom. The van der Waals surface area contributed by atoms with Gasteiger partial charge in [0.15, 0.2) is 0 Å². The van der Waals surface area contributed by atoms with Crippen molar-refractivity contribution in [1.82, 2.24) is 15.2 Å². The van der Waals surface area contributed by atoms with Gasteiger partial charge in [0.25, 0.3) is 0 Å². The molecule has 2 unspecified atom stereocenters. The maximum atomic E-state index is 13.0. The maximum Gasteiger partial charge on any atom is 0.141 e. The van der Waals surface area contributed by atoms with Crippen LogP contribution in [-0.4, -0.2) is 36.1 Å². The molecule has 0 aliphatic carbocycles. The molecule has 2 atom stereocenters. The number of halogens is 1. The van der Waals surface area contributed by atoms with E-state index in [4.69, 9.17) is 0 Å². The van der Waals surface area contributed by atoms with Gasteiger partial charge in [-0.05, 0) is 56.8 Å². The van der Waals surface area contributed by atoms with E-state index in [1.807, 2.05) is 6.07 Å². The Morgan fingerprint density at radius 1 is 1.48 bits per heavy atom. The number of aromatic nitrogens is 1. The first-order valence-corrected chi connectivity index (χ1v) is 8.26. The highest BCUT2D eigenvalue weighted by molar-refractivity contribution is 5.10. The molecule has 2 rings (SSSR count). The third-order valence-electron chi connectivity index (χ3n) is 4.22. The second kappa shape index (κ2) is 8.44. The normalized spacial score (nSPS) is 21.4. The molecule has 4 heteroatoms. The summed E-state index contributed by atoms with van der Waals surface area (Å²) in [5, 5.41) is 3.54. The average molecular weight is 293 g/mol. The zero-order chi connectivity index (χ0) is 15.1.